The molecule has 0 saturated carbocycles. The topological polar surface area (TPSA) is 49.4 Å². The summed E-state index contributed by atoms with van der Waals surface area (Å²) in [5.74, 6) is -2.85. The second-order valence-electron chi connectivity index (χ2n) is 7.79. The van der Waals surface area contributed by atoms with Crippen molar-refractivity contribution < 1.29 is 18.4 Å². The van der Waals surface area contributed by atoms with Gasteiger partial charge in [0.2, 0.25) is 11.8 Å². The number of hydrogen-bond donors (Lipinski definition) is 1. The summed E-state index contributed by atoms with van der Waals surface area (Å²) in [7, 11) is 0. The Kier molecular flexibility index (Phi) is 5.55. The summed E-state index contributed by atoms with van der Waals surface area (Å²) in [6, 6.07) is 16.3. The van der Waals surface area contributed by atoms with Crippen LogP contribution >= 0.6 is 0 Å². The molecule has 3 aromatic carbocycles. The largest absolute Gasteiger partial charge is 0.323 e. The van der Waals surface area contributed by atoms with Crippen molar-refractivity contribution in [1.29, 1.82) is 0 Å². The van der Waals surface area contributed by atoms with Crippen LogP contribution in [0, 0.1) is 31.4 Å². The van der Waals surface area contributed by atoms with E-state index in [9.17, 15) is 18.4 Å². The number of carbonyl (C=O) groups excluding carboxylic acids is 2. The van der Waals surface area contributed by atoms with Crippen LogP contribution in [-0.2, 0) is 9.59 Å². The quantitative estimate of drug-likeness (QED) is 0.628. The molecule has 31 heavy (non-hydrogen) atoms. The number of anilines is 2. The van der Waals surface area contributed by atoms with E-state index in [0.717, 1.165) is 22.9 Å². The summed E-state index contributed by atoms with van der Waals surface area (Å²) >= 11 is 0. The van der Waals surface area contributed by atoms with Crippen LogP contribution in [0.5, 0.6) is 0 Å². The lowest BCUT2D eigenvalue weighted by Gasteiger charge is -2.20. The van der Waals surface area contributed by atoms with Crippen LogP contribution in [-0.4, -0.2) is 18.4 Å². The molecule has 1 fully saturated rings. The molecular weight excluding hydrogens is 398 g/mol. The third-order valence-electron chi connectivity index (χ3n) is 5.75. The smallest absolute Gasteiger partial charge is 0.229 e. The Morgan fingerprint density at radius 3 is 2.52 bits per heavy atom. The number of hydrogen-bond acceptors (Lipinski definition) is 2. The van der Waals surface area contributed by atoms with Gasteiger partial charge in [0.1, 0.15) is 11.6 Å². The number of nitrogens with one attached hydrogen (secondary N) is 1. The molecule has 0 aliphatic carbocycles. The molecule has 1 N–H and O–H groups in total. The van der Waals surface area contributed by atoms with Crippen molar-refractivity contribution >= 4 is 23.2 Å². The van der Waals surface area contributed by atoms with Crippen molar-refractivity contribution in [1.82, 2.24) is 0 Å². The molecule has 0 aromatic heterocycles. The van der Waals surface area contributed by atoms with Crippen LogP contribution in [0.25, 0.3) is 11.1 Å². The highest BCUT2D eigenvalue weighted by Crippen LogP contribution is 2.34. The fourth-order valence-corrected chi connectivity index (χ4v) is 3.92. The van der Waals surface area contributed by atoms with Crippen molar-refractivity contribution in [3.8, 4) is 11.1 Å². The van der Waals surface area contributed by atoms with Gasteiger partial charge in [-0.1, -0.05) is 42.5 Å². The van der Waals surface area contributed by atoms with Gasteiger partial charge in [-0.3, -0.25) is 9.59 Å². The summed E-state index contributed by atoms with van der Waals surface area (Å²) in [5, 5.41) is 2.61. The van der Waals surface area contributed by atoms with E-state index in [4.69, 9.17) is 0 Å². The molecule has 0 radical (unpaired) electrons. The first kappa shape index (κ1) is 20.7. The Hall–Kier alpha value is -3.54. The minimum atomic E-state index is -0.858. The molecule has 1 heterocycles. The average Bonchev–Trinajstić information content (AvgIpc) is 3.14. The lowest BCUT2D eigenvalue weighted by atomic mass is 10.0. The number of benzene rings is 3. The fraction of sp³-hybridized carbons (Fsp3) is 0.200. The van der Waals surface area contributed by atoms with Crippen molar-refractivity contribution in [3.63, 3.8) is 0 Å². The second kappa shape index (κ2) is 8.30. The van der Waals surface area contributed by atoms with Gasteiger partial charge in [0.15, 0.2) is 0 Å². The molecule has 0 bridgehead atoms. The predicted octanol–water partition coefficient (Wildman–Crippen LogP) is 5.24. The summed E-state index contributed by atoms with van der Waals surface area (Å²) in [6.45, 7) is 4.11. The van der Waals surface area contributed by atoms with E-state index in [-0.39, 0.29) is 30.1 Å². The average molecular weight is 420 g/mol. The first-order valence-corrected chi connectivity index (χ1v) is 10.1. The lowest BCUT2D eigenvalue weighted by molar-refractivity contribution is -0.122. The summed E-state index contributed by atoms with van der Waals surface area (Å²) in [4.78, 5) is 27.2. The van der Waals surface area contributed by atoms with Crippen LogP contribution in [0.4, 0.5) is 20.2 Å². The predicted molar refractivity (Wildman–Crippen MR) is 117 cm³/mol. The van der Waals surface area contributed by atoms with Gasteiger partial charge in [0.25, 0.3) is 0 Å². The Morgan fingerprint density at radius 1 is 1.03 bits per heavy atom. The zero-order valence-electron chi connectivity index (χ0n) is 17.3. The molecule has 0 spiro atoms. The molecule has 1 unspecified atom stereocenters. The van der Waals surface area contributed by atoms with E-state index < -0.39 is 23.5 Å². The standard InChI is InChI=1S/C25H22F2N2O2/c1-15-7-6-10-22(16(15)2)29-14-18(11-23(29)30)25(31)28-24-20(12-19(26)13-21(24)27)17-8-4-3-5-9-17/h3-10,12-13,18H,11,14H2,1-2H3,(H,28,31). The van der Waals surface area contributed by atoms with Gasteiger partial charge in [0.05, 0.1) is 11.6 Å². The Balaban J connectivity index is 1.60. The van der Waals surface area contributed by atoms with E-state index in [0.29, 0.717) is 5.56 Å². The van der Waals surface area contributed by atoms with Gasteiger partial charge in [-0.25, -0.2) is 8.78 Å². The number of aryl methyl sites for hydroxylation is 1. The molecule has 158 valence electrons. The molecule has 1 aliphatic heterocycles. The summed E-state index contributed by atoms with van der Waals surface area (Å²) in [5.41, 5.74) is 3.55. The molecule has 1 atom stereocenters. The van der Waals surface area contributed by atoms with Crippen LogP contribution in [0.15, 0.2) is 60.7 Å². The van der Waals surface area contributed by atoms with Gasteiger partial charge in [0, 0.05) is 30.3 Å². The highest BCUT2D eigenvalue weighted by molar-refractivity contribution is 6.05. The van der Waals surface area contributed by atoms with E-state index in [2.05, 4.69) is 5.32 Å². The molecule has 4 nitrogen and oxygen atoms in total. The molecule has 1 aliphatic rings. The van der Waals surface area contributed by atoms with Crippen LogP contribution in [0.1, 0.15) is 17.5 Å². The van der Waals surface area contributed by atoms with Crippen molar-refractivity contribution in [3.05, 3.63) is 83.4 Å². The number of nitrogens with zero attached hydrogens (tertiary/aromatic N) is 1. The van der Waals surface area contributed by atoms with Gasteiger partial charge < -0.3 is 10.2 Å². The third-order valence-corrected chi connectivity index (χ3v) is 5.75. The zero-order chi connectivity index (χ0) is 22.1. The maximum absolute atomic E-state index is 14.6. The summed E-state index contributed by atoms with van der Waals surface area (Å²) < 4.78 is 28.5. The maximum Gasteiger partial charge on any atom is 0.229 e. The summed E-state index contributed by atoms with van der Waals surface area (Å²) in [6.07, 6.45) is 0.0305. The lowest BCUT2D eigenvalue weighted by Crippen LogP contribution is -2.29. The fourth-order valence-electron chi connectivity index (χ4n) is 3.92. The highest BCUT2D eigenvalue weighted by Gasteiger charge is 2.36. The monoisotopic (exact) mass is 420 g/mol. The first-order valence-electron chi connectivity index (χ1n) is 10.1. The van der Waals surface area contributed by atoms with Crippen LogP contribution in [0.3, 0.4) is 0 Å². The molecule has 1 saturated heterocycles. The molecule has 4 rings (SSSR count). The first-order chi connectivity index (χ1) is 14.8. The van der Waals surface area contributed by atoms with Gasteiger partial charge in [-0.15, -0.1) is 0 Å². The number of carbonyl (C=O) groups is 2. The second-order valence-corrected chi connectivity index (χ2v) is 7.79. The SMILES string of the molecule is Cc1cccc(N2CC(C(=O)Nc3c(F)cc(F)cc3-c3ccccc3)CC2=O)c1C. The van der Waals surface area contributed by atoms with E-state index in [1.54, 1.807) is 35.2 Å². The number of halogens is 2. The van der Waals surface area contributed by atoms with Gasteiger partial charge >= 0.3 is 0 Å². The van der Waals surface area contributed by atoms with E-state index in [1.807, 2.05) is 32.0 Å². The third kappa shape index (κ3) is 4.06. The van der Waals surface area contributed by atoms with Gasteiger partial charge in [-0.2, -0.15) is 0 Å². The van der Waals surface area contributed by atoms with Crippen molar-refractivity contribution in [2.45, 2.75) is 20.3 Å². The Morgan fingerprint density at radius 2 is 1.77 bits per heavy atom. The van der Waals surface area contributed by atoms with Crippen LogP contribution in [0.2, 0.25) is 0 Å². The van der Waals surface area contributed by atoms with E-state index in [1.165, 1.54) is 6.07 Å². The van der Waals surface area contributed by atoms with E-state index >= 15 is 0 Å². The van der Waals surface area contributed by atoms with Crippen molar-refractivity contribution in [2.24, 2.45) is 5.92 Å². The van der Waals surface area contributed by atoms with Crippen LogP contribution < -0.4 is 10.2 Å². The molecule has 3 aromatic rings. The zero-order valence-corrected chi connectivity index (χ0v) is 17.3. The Labute approximate surface area is 179 Å². The molecular formula is C25H22F2N2O2. The number of amides is 2. The molecule has 6 heteroatoms. The molecule has 2 amide bonds. The highest BCUT2D eigenvalue weighted by atomic mass is 19.1. The van der Waals surface area contributed by atoms with Crippen molar-refractivity contribution in [2.75, 3.05) is 16.8 Å². The Bertz CT molecular complexity index is 1160. The number of rotatable bonds is 4. The van der Waals surface area contributed by atoms with Gasteiger partial charge in [-0.05, 0) is 42.7 Å². The maximum atomic E-state index is 14.6. The minimum Gasteiger partial charge on any atom is -0.323 e. The normalized spacial score (nSPS) is 15.9. The minimum absolute atomic E-state index is 0.0305.